The van der Waals surface area contributed by atoms with Crippen LogP contribution in [-0.2, 0) is 4.79 Å². The van der Waals surface area contributed by atoms with Gasteiger partial charge in [-0.1, -0.05) is 18.6 Å². The van der Waals surface area contributed by atoms with Crippen LogP contribution in [-0.4, -0.2) is 34.4 Å². The summed E-state index contributed by atoms with van der Waals surface area (Å²) >= 11 is 5.63. The Morgan fingerprint density at radius 2 is 1.76 bits per heavy atom. The van der Waals surface area contributed by atoms with E-state index >= 15 is 0 Å². The van der Waals surface area contributed by atoms with Gasteiger partial charge < -0.3 is 0 Å². The summed E-state index contributed by atoms with van der Waals surface area (Å²) in [6, 6.07) is 6.69. The maximum Gasteiger partial charge on any atom is 0.261 e. The zero-order valence-corrected chi connectivity index (χ0v) is 12.3. The fourth-order valence-corrected chi connectivity index (χ4v) is 3.56. The minimum Gasteiger partial charge on any atom is -0.298 e. The minimum absolute atomic E-state index is 0.000491. The van der Waals surface area contributed by atoms with Crippen molar-refractivity contribution in [1.29, 1.82) is 0 Å². The fraction of sp³-hybridized carbons (Fsp3) is 0.438. The first-order chi connectivity index (χ1) is 10.1. The molecule has 5 heteroatoms. The van der Waals surface area contributed by atoms with Crippen molar-refractivity contribution in [2.75, 3.05) is 5.88 Å². The smallest absolute Gasteiger partial charge is 0.261 e. The average Bonchev–Trinajstić information content (AvgIpc) is 2.78. The summed E-state index contributed by atoms with van der Waals surface area (Å²) in [5, 5.41) is 0. The summed E-state index contributed by atoms with van der Waals surface area (Å²) in [4.78, 5) is 38.0. The number of nitrogens with zero attached hydrogens (tertiary/aromatic N) is 1. The van der Waals surface area contributed by atoms with E-state index in [0.717, 1.165) is 19.3 Å². The van der Waals surface area contributed by atoms with Crippen LogP contribution in [0.1, 0.15) is 46.4 Å². The minimum atomic E-state index is -0.237. The zero-order valence-electron chi connectivity index (χ0n) is 11.5. The number of carbonyl (C=O) groups is 3. The Balaban J connectivity index is 1.84. The Morgan fingerprint density at radius 1 is 1.14 bits per heavy atom. The molecule has 1 aromatic rings. The van der Waals surface area contributed by atoms with Gasteiger partial charge in [0.2, 0.25) is 0 Å². The van der Waals surface area contributed by atoms with Gasteiger partial charge in [-0.3, -0.25) is 19.3 Å². The van der Waals surface area contributed by atoms with E-state index in [9.17, 15) is 14.4 Å². The molecule has 0 N–H and O–H groups in total. The van der Waals surface area contributed by atoms with Gasteiger partial charge in [-0.05, 0) is 31.4 Å². The zero-order chi connectivity index (χ0) is 15.0. The fourth-order valence-electron chi connectivity index (χ4n) is 3.34. The maximum absolute atomic E-state index is 12.4. The number of amides is 2. The quantitative estimate of drug-likeness (QED) is 0.637. The van der Waals surface area contributed by atoms with E-state index < -0.39 is 0 Å². The number of rotatable bonds is 3. The van der Waals surface area contributed by atoms with Crippen molar-refractivity contribution in [2.24, 2.45) is 5.92 Å². The first kappa shape index (κ1) is 14.3. The van der Waals surface area contributed by atoms with E-state index in [0.29, 0.717) is 17.5 Å². The summed E-state index contributed by atoms with van der Waals surface area (Å²) < 4.78 is 0. The highest BCUT2D eigenvalue weighted by Crippen LogP contribution is 2.33. The third kappa shape index (κ3) is 2.38. The molecule has 0 aromatic heterocycles. The second-order valence-electron chi connectivity index (χ2n) is 5.64. The highest BCUT2D eigenvalue weighted by Gasteiger charge is 2.41. The molecule has 2 amide bonds. The topological polar surface area (TPSA) is 54.5 Å². The SMILES string of the molecule is O=C(CCl)C1CCCC(N2C(=O)c3ccccc3C2=O)C1. The lowest BCUT2D eigenvalue weighted by molar-refractivity contribution is -0.121. The summed E-state index contributed by atoms with van der Waals surface area (Å²) in [5.74, 6) is -0.595. The van der Waals surface area contributed by atoms with Crippen LogP contribution in [0.3, 0.4) is 0 Å². The Hall–Kier alpha value is -1.68. The predicted molar refractivity (Wildman–Crippen MR) is 78.4 cm³/mol. The molecule has 110 valence electrons. The maximum atomic E-state index is 12.4. The number of carbonyl (C=O) groups excluding carboxylic acids is 3. The lowest BCUT2D eigenvalue weighted by Crippen LogP contribution is -2.43. The number of alkyl halides is 1. The first-order valence-corrected chi connectivity index (χ1v) is 7.72. The molecule has 21 heavy (non-hydrogen) atoms. The van der Waals surface area contributed by atoms with Crippen molar-refractivity contribution < 1.29 is 14.4 Å². The van der Waals surface area contributed by atoms with E-state index in [4.69, 9.17) is 11.6 Å². The lowest BCUT2D eigenvalue weighted by Gasteiger charge is -2.33. The molecule has 2 atom stereocenters. The molecule has 2 unspecified atom stereocenters. The molecule has 1 aliphatic heterocycles. The van der Waals surface area contributed by atoms with Crippen LogP contribution in [0.5, 0.6) is 0 Å². The monoisotopic (exact) mass is 305 g/mol. The van der Waals surface area contributed by atoms with Crippen molar-refractivity contribution in [3.63, 3.8) is 0 Å². The third-order valence-corrected chi connectivity index (χ3v) is 4.69. The van der Waals surface area contributed by atoms with Crippen LogP contribution in [0.2, 0.25) is 0 Å². The van der Waals surface area contributed by atoms with E-state index in [1.54, 1.807) is 24.3 Å². The Bertz CT molecular complexity index is 578. The van der Waals surface area contributed by atoms with E-state index in [1.807, 2.05) is 0 Å². The van der Waals surface area contributed by atoms with Gasteiger partial charge in [-0.15, -0.1) is 11.6 Å². The van der Waals surface area contributed by atoms with Crippen molar-refractivity contribution in [3.05, 3.63) is 35.4 Å². The number of Topliss-reactive ketones (excluding diaryl/α,β-unsaturated/α-hetero) is 1. The molecule has 4 nitrogen and oxygen atoms in total. The van der Waals surface area contributed by atoms with E-state index in [2.05, 4.69) is 0 Å². The summed E-state index contributed by atoms with van der Waals surface area (Å²) in [5.41, 5.74) is 0.932. The van der Waals surface area contributed by atoms with Crippen LogP contribution < -0.4 is 0 Å². The van der Waals surface area contributed by atoms with Crippen LogP contribution in [0.15, 0.2) is 24.3 Å². The number of ketones is 1. The highest BCUT2D eigenvalue weighted by molar-refractivity contribution is 6.28. The third-order valence-electron chi connectivity index (χ3n) is 4.42. The number of hydrogen-bond acceptors (Lipinski definition) is 3. The van der Waals surface area contributed by atoms with E-state index in [1.165, 1.54) is 4.90 Å². The summed E-state index contributed by atoms with van der Waals surface area (Å²) in [6.07, 6.45) is 2.94. The predicted octanol–water partition coefficient (Wildman–Crippen LogP) is 2.65. The van der Waals surface area contributed by atoms with Crippen LogP contribution in [0.25, 0.3) is 0 Å². The Labute approximate surface area is 128 Å². The molecular weight excluding hydrogens is 290 g/mol. The van der Waals surface area contributed by atoms with Crippen molar-refractivity contribution in [1.82, 2.24) is 4.90 Å². The normalized spacial score (nSPS) is 25.1. The first-order valence-electron chi connectivity index (χ1n) is 7.19. The largest absolute Gasteiger partial charge is 0.298 e. The Kier molecular flexibility index (Phi) is 3.81. The van der Waals surface area contributed by atoms with Gasteiger partial charge in [0.25, 0.3) is 11.8 Å². The van der Waals surface area contributed by atoms with Gasteiger partial charge >= 0.3 is 0 Å². The molecule has 0 bridgehead atoms. The van der Waals surface area contributed by atoms with Crippen molar-refractivity contribution >= 4 is 29.2 Å². The highest BCUT2D eigenvalue weighted by atomic mass is 35.5. The van der Waals surface area contributed by atoms with Gasteiger partial charge in [-0.2, -0.15) is 0 Å². The number of hydrogen-bond donors (Lipinski definition) is 0. The molecule has 0 spiro atoms. The summed E-state index contributed by atoms with van der Waals surface area (Å²) in [6.45, 7) is 0. The van der Waals surface area contributed by atoms with Crippen LogP contribution in [0, 0.1) is 5.92 Å². The second kappa shape index (κ2) is 5.60. The van der Waals surface area contributed by atoms with Gasteiger partial charge in [0.05, 0.1) is 17.0 Å². The lowest BCUT2D eigenvalue weighted by atomic mass is 9.83. The van der Waals surface area contributed by atoms with E-state index in [-0.39, 0.29) is 35.4 Å². The molecule has 3 rings (SSSR count). The number of fused-ring (bicyclic) bond motifs is 1. The molecule has 1 heterocycles. The second-order valence-corrected chi connectivity index (χ2v) is 5.91. The molecule has 1 aliphatic carbocycles. The standard InChI is InChI=1S/C16H16ClNO3/c17-9-14(19)10-4-3-5-11(8-10)18-15(20)12-6-1-2-7-13(12)16(18)21/h1-2,6-7,10-11H,3-5,8-9H2. The average molecular weight is 306 g/mol. The van der Waals surface area contributed by atoms with Gasteiger partial charge in [0, 0.05) is 12.0 Å². The van der Waals surface area contributed by atoms with Crippen LogP contribution >= 0.6 is 11.6 Å². The molecule has 2 aliphatic rings. The number of halogens is 1. The van der Waals surface area contributed by atoms with Gasteiger partial charge in [0.1, 0.15) is 0 Å². The molecule has 0 saturated heterocycles. The molecule has 1 aromatic carbocycles. The van der Waals surface area contributed by atoms with Crippen LogP contribution in [0.4, 0.5) is 0 Å². The van der Waals surface area contributed by atoms with Gasteiger partial charge in [0.15, 0.2) is 5.78 Å². The molecule has 0 radical (unpaired) electrons. The molecule has 1 saturated carbocycles. The number of imide groups is 1. The van der Waals surface area contributed by atoms with Crippen molar-refractivity contribution in [2.45, 2.75) is 31.7 Å². The number of benzene rings is 1. The molecular formula is C16H16ClNO3. The van der Waals surface area contributed by atoms with Crippen molar-refractivity contribution in [3.8, 4) is 0 Å². The summed E-state index contributed by atoms with van der Waals surface area (Å²) in [7, 11) is 0. The molecule has 1 fully saturated rings. The Morgan fingerprint density at radius 3 is 2.33 bits per heavy atom. The van der Waals surface area contributed by atoms with Gasteiger partial charge in [-0.25, -0.2) is 0 Å².